The summed E-state index contributed by atoms with van der Waals surface area (Å²) in [6.07, 6.45) is 1.04. The van der Waals surface area contributed by atoms with E-state index in [-0.39, 0.29) is 5.56 Å². The van der Waals surface area contributed by atoms with Gasteiger partial charge in [0.1, 0.15) is 0 Å². The van der Waals surface area contributed by atoms with Crippen molar-refractivity contribution in [2.75, 3.05) is 17.2 Å². The molecule has 0 heterocycles. The van der Waals surface area contributed by atoms with Gasteiger partial charge in [0, 0.05) is 11.4 Å². The number of rotatable bonds is 7. The van der Waals surface area contributed by atoms with Crippen molar-refractivity contribution in [2.24, 2.45) is 5.73 Å². The van der Waals surface area contributed by atoms with Gasteiger partial charge in [0.2, 0.25) is 0 Å². The molecule has 0 aliphatic heterocycles. The van der Waals surface area contributed by atoms with E-state index in [0.717, 1.165) is 6.42 Å². The minimum atomic E-state index is -0.695. The molecule has 2 aromatic carbocycles. The first kappa shape index (κ1) is 20.0. The molecule has 0 bridgehead atoms. The summed E-state index contributed by atoms with van der Waals surface area (Å²) >= 11 is 0. The number of hydrogen-bond acceptors (Lipinski definition) is 4. The Morgan fingerprint density at radius 1 is 0.963 bits per heavy atom. The van der Waals surface area contributed by atoms with Gasteiger partial charge >= 0.3 is 12.0 Å². The number of carbonyl (C=O) groups excluding carboxylic acids is 3. The fourth-order valence-corrected chi connectivity index (χ4v) is 2.37. The Kier molecular flexibility index (Phi) is 6.93. The third-order valence-electron chi connectivity index (χ3n) is 4.10. The molecule has 0 radical (unpaired) electrons. The highest BCUT2D eigenvalue weighted by Crippen LogP contribution is 2.20. The van der Waals surface area contributed by atoms with Gasteiger partial charge in [0.05, 0.1) is 5.56 Å². The van der Waals surface area contributed by atoms with E-state index in [4.69, 9.17) is 10.5 Å². The second kappa shape index (κ2) is 9.38. The zero-order valence-corrected chi connectivity index (χ0v) is 15.3. The van der Waals surface area contributed by atoms with Crippen LogP contribution in [0, 0.1) is 0 Å². The van der Waals surface area contributed by atoms with Crippen LogP contribution in [0.1, 0.15) is 42.1 Å². The van der Waals surface area contributed by atoms with Crippen LogP contribution < -0.4 is 16.4 Å². The van der Waals surface area contributed by atoms with E-state index in [9.17, 15) is 14.4 Å². The summed E-state index contributed by atoms with van der Waals surface area (Å²) in [5.41, 5.74) is 7.57. The van der Waals surface area contributed by atoms with Crippen LogP contribution in [0.5, 0.6) is 0 Å². The SMILES string of the molecule is CC[C@@H](C)c1ccc(NC(=O)COC(=O)c2ccc(NC(N)=O)cc2)cc1. The zero-order chi connectivity index (χ0) is 19.8. The first-order chi connectivity index (χ1) is 12.9. The van der Waals surface area contributed by atoms with Gasteiger partial charge in [-0.25, -0.2) is 9.59 Å². The predicted molar refractivity (Wildman–Crippen MR) is 104 cm³/mol. The molecule has 1 atom stereocenters. The number of urea groups is 1. The molecule has 0 saturated heterocycles. The number of nitrogens with one attached hydrogen (secondary N) is 2. The quantitative estimate of drug-likeness (QED) is 0.649. The van der Waals surface area contributed by atoms with Gasteiger partial charge in [-0.05, 0) is 54.3 Å². The van der Waals surface area contributed by atoms with Gasteiger partial charge in [0.25, 0.3) is 5.91 Å². The van der Waals surface area contributed by atoms with Crippen molar-refractivity contribution in [3.63, 3.8) is 0 Å². The lowest BCUT2D eigenvalue weighted by atomic mass is 9.99. The minimum absolute atomic E-state index is 0.260. The molecule has 0 fully saturated rings. The Hall–Kier alpha value is -3.35. The molecule has 0 unspecified atom stereocenters. The molecule has 0 aliphatic rings. The third-order valence-corrected chi connectivity index (χ3v) is 4.10. The molecule has 27 heavy (non-hydrogen) atoms. The van der Waals surface area contributed by atoms with Gasteiger partial charge in [-0.3, -0.25) is 4.79 Å². The summed E-state index contributed by atoms with van der Waals surface area (Å²) in [7, 11) is 0. The van der Waals surface area contributed by atoms with Crippen LogP contribution in [0.25, 0.3) is 0 Å². The number of amides is 3. The molecule has 2 aromatic rings. The summed E-state index contributed by atoms with van der Waals surface area (Å²) in [5.74, 6) is -0.602. The fourth-order valence-electron chi connectivity index (χ4n) is 2.37. The molecule has 0 saturated carbocycles. The Bertz CT molecular complexity index is 801. The molecular weight excluding hydrogens is 346 g/mol. The lowest BCUT2D eigenvalue weighted by molar-refractivity contribution is -0.119. The standard InChI is InChI=1S/C20H23N3O4/c1-3-13(2)14-4-8-16(9-5-14)22-18(24)12-27-19(25)15-6-10-17(11-7-15)23-20(21)26/h4-11,13H,3,12H2,1-2H3,(H,22,24)(H3,21,23,26)/t13-/m1/s1. The Morgan fingerprint density at radius 3 is 2.07 bits per heavy atom. The second-order valence-corrected chi connectivity index (χ2v) is 6.12. The van der Waals surface area contributed by atoms with E-state index in [1.807, 2.05) is 24.3 Å². The van der Waals surface area contributed by atoms with E-state index in [0.29, 0.717) is 17.3 Å². The third kappa shape index (κ3) is 6.14. The van der Waals surface area contributed by atoms with Crippen molar-refractivity contribution in [1.29, 1.82) is 0 Å². The van der Waals surface area contributed by atoms with Gasteiger partial charge < -0.3 is 21.1 Å². The van der Waals surface area contributed by atoms with Crippen molar-refractivity contribution < 1.29 is 19.1 Å². The number of ether oxygens (including phenoxy) is 1. The van der Waals surface area contributed by atoms with Crippen molar-refractivity contribution in [3.05, 3.63) is 59.7 Å². The largest absolute Gasteiger partial charge is 0.452 e. The molecule has 2 rings (SSSR count). The van der Waals surface area contributed by atoms with Crippen molar-refractivity contribution in [2.45, 2.75) is 26.2 Å². The number of primary amides is 1. The molecule has 0 aromatic heterocycles. The maximum atomic E-state index is 12.0. The molecule has 0 aliphatic carbocycles. The van der Waals surface area contributed by atoms with Crippen molar-refractivity contribution >= 4 is 29.3 Å². The van der Waals surface area contributed by atoms with Crippen LogP contribution in [0.4, 0.5) is 16.2 Å². The van der Waals surface area contributed by atoms with E-state index in [2.05, 4.69) is 24.5 Å². The van der Waals surface area contributed by atoms with Crippen LogP contribution in [0.15, 0.2) is 48.5 Å². The van der Waals surface area contributed by atoms with E-state index >= 15 is 0 Å². The smallest absolute Gasteiger partial charge is 0.338 e. The number of benzene rings is 2. The molecule has 0 spiro atoms. The van der Waals surface area contributed by atoms with E-state index in [1.54, 1.807) is 0 Å². The summed E-state index contributed by atoms with van der Waals surface area (Å²) in [4.78, 5) is 34.7. The van der Waals surface area contributed by atoms with Crippen LogP contribution >= 0.6 is 0 Å². The van der Waals surface area contributed by atoms with Crippen molar-refractivity contribution in [1.82, 2.24) is 0 Å². The van der Waals surface area contributed by atoms with Gasteiger partial charge in [-0.15, -0.1) is 0 Å². The Morgan fingerprint density at radius 2 is 1.52 bits per heavy atom. The van der Waals surface area contributed by atoms with Crippen LogP contribution in [0.2, 0.25) is 0 Å². The minimum Gasteiger partial charge on any atom is -0.452 e. The summed E-state index contributed by atoms with van der Waals surface area (Å²) in [6.45, 7) is 3.87. The molecule has 4 N–H and O–H groups in total. The maximum absolute atomic E-state index is 12.0. The molecule has 3 amide bonds. The van der Waals surface area contributed by atoms with Crippen molar-refractivity contribution in [3.8, 4) is 0 Å². The number of nitrogens with two attached hydrogens (primary N) is 1. The lowest BCUT2D eigenvalue weighted by Crippen LogP contribution is -2.21. The highest BCUT2D eigenvalue weighted by molar-refractivity contribution is 5.96. The molecular formula is C20H23N3O4. The summed E-state index contributed by atoms with van der Waals surface area (Å²) in [6, 6.07) is 12.9. The normalized spacial score (nSPS) is 11.3. The molecule has 7 heteroatoms. The average Bonchev–Trinajstić information content (AvgIpc) is 2.66. The summed E-state index contributed by atoms with van der Waals surface area (Å²) in [5, 5.41) is 5.07. The monoisotopic (exact) mass is 369 g/mol. The Balaban J connectivity index is 1.84. The average molecular weight is 369 g/mol. The maximum Gasteiger partial charge on any atom is 0.338 e. The van der Waals surface area contributed by atoms with E-state index in [1.165, 1.54) is 29.8 Å². The Labute approximate surface area is 157 Å². The van der Waals surface area contributed by atoms with E-state index < -0.39 is 24.5 Å². The first-order valence-corrected chi connectivity index (χ1v) is 8.62. The highest BCUT2D eigenvalue weighted by atomic mass is 16.5. The van der Waals surface area contributed by atoms with Gasteiger partial charge in [-0.2, -0.15) is 0 Å². The molecule has 7 nitrogen and oxygen atoms in total. The van der Waals surface area contributed by atoms with Crippen LogP contribution in [-0.4, -0.2) is 24.5 Å². The highest BCUT2D eigenvalue weighted by Gasteiger charge is 2.11. The number of esters is 1. The fraction of sp³-hybridized carbons (Fsp3) is 0.250. The van der Waals surface area contributed by atoms with Gasteiger partial charge in [0.15, 0.2) is 6.61 Å². The second-order valence-electron chi connectivity index (χ2n) is 6.12. The van der Waals surface area contributed by atoms with Crippen LogP contribution in [-0.2, 0) is 9.53 Å². The first-order valence-electron chi connectivity index (χ1n) is 8.62. The predicted octanol–water partition coefficient (Wildman–Crippen LogP) is 3.49. The summed E-state index contributed by atoms with van der Waals surface area (Å²) < 4.78 is 5.00. The number of anilines is 2. The van der Waals surface area contributed by atoms with Gasteiger partial charge in [-0.1, -0.05) is 26.0 Å². The molecule has 142 valence electrons. The number of hydrogen-bond donors (Lipinski definition) is 3. The topological polar surface area (TPSA) is 111 Å². The zero-order valence-electron chi connectivity index (χ0n) is 15.3. The lowest BCUT2D eigenvalue weighted by Gasteiger charge is -2.11. The number of carbonyl (C=O) groups is 3. The van der Waals surface area contributed by atoms with Crippen LogP contribution in [0.3, 0.4) is 0 Å².